The number of nitrogens with zero attached hydrogens (tertiary/aromatic N) is 4. The fourth-order valence-corrected chi connectivity index (χ4v) is 5.78. The molecule has 2 atom stereocenters. The molecule has 2 aromatic carbocycles. The van der Waals surface area contributed by atoms with Crippen molar-refractivity contribution in [3.05, 3.63) is 76.9 Å². The van der Waals surface area contributed by atoms with E-state index >= 15 is 0 Å². The van der Waals surface area contributed by atoms with Crippen molar-refractivity contribution in [1.29, 1.82) is 0 Å². The van der Waals surface area contributed by atoms with Crippen molar-refractivity contribution in [3.8, 4) is 17.2 Å². The molecule has 1 spiro atoms. The average molecular weight is 495 g/mol. The van der Waals surface area contributed by atoms with E-state index in [2.05, 4.69) is 22.0 Å². The molecule has 3 aromatic rings. The number of likely N-dealkylation sites (N-methyl/N-ethyl adjacent to an activating group) is 1. The highest BCUT2D eigenvalue weighted by molar-refractivity contribution is 5.61. The lowest BCUT2D eigenvalue weighted by molar-refractivity contribution is -0.218. The summed E-state index contributed by atoms with van der Waals surface area (Å²) in [5.74, 6) is -0.528. The van der Waals surface area contributed by atoms with Crippen LogP contribution in [-0.4, -0.2) is 53.0 Å². The summed E-state index contributed by atoms with van der Waals surface area (Å²) in [6.07, 6.45) is 7.98. The highest BCUT2D eigenvalue weighted by Crippen LogP contribution is 2.51. The van der Waals surface area contributed by atoms with Gasteiger partial charge in [0.25, 0.3) is 0 Å². The van der Waals surface area contributed by atoms with Gasteiger partial charge in [-0.05, 0) is 49.1 Å². The van der Waals surface area contributed by atoms with Crippen LogP contribution < -0.4 is 9.47 Å². The van der Waals surface area contributed by atoms with E-state index in [1.54, 1.807) is 13.4 Å². The molecule has 1 aromatic heterocycles. The molecule has 36 heavy (non-hydrogen) atoms. The first-order valence-corrected chi connectivity index (χ1v) is 12.1. The Bertz CT molecular complexity index is 1360. The van der Waals surface area contributed by atoms with Gasteiger partial charge < -0.3 is 14.0 Å². The Kier molecular flexibility index (Phi) is 5.59. The summed E-state index contributed by atoms with van der Waals surface area (Å²) in [6, 6.07) is 8.28. The van der Waals surface area contributed by atoms with Crippen LogP contribution in [0.5, 0.6) is 11.5 Å². The topological polar surface area (TPSA) is 52.0 Å². The van der Waals surface area contributed by atoms with E-state index in [9.17, 15) is 8.78 Å². The van der Waals surface area contributed by atoms with Crippen LogP contribution in [0.25, 0.3) is 11.8 Å². The zero-order valence-electron chi connectivity index (χ0n) is 20.5. The molecule has 2 fully saturated rings. The summed E-state index contributed by atoms with van der Waals surface area (Å²) in [5, 5.41) is 1.81. The Hall–Kier alpha value is -3.27. The van der Waals surface area contributed by atoms with Crippen LogP contribution in [0.3, 0.4) is 0 Å². The van der Waals surface area contributed by atoms with Crippen LogP contribution in [-0.2, 0) is 10.6 Å². The molecule has 3 aliphatic rings. The van der Waals surface area contributed by atoms with E-state index in [-0.39, 0.29) is 18.5 Å². The minimum Gasteiger partial charge on any atom is -0.495 e. The predicted molar refractivity (Wildman–Crippen MR) is 130 cm³/mol. The first kappa shape index (κ1) is 23.1. The largest absolute Gasteiger partial charge is 0.495 e. The SMILES string of the molecule is COc1cc(/C=C2\CCCN3C2N(C)OC32CCOc3c(F)cc(F)cc32)ccc1-n1cnc(C)c1. The Morgan fingerprint density at radius 1 is 1.22 bits per heavy atom. The van der Waals surface area contributed by atoms with Crippen LogP contribution in [0.15, 0.2) is 48.4 Å². The Morgan fingerprint density at radius 2 is 2.08 bits per heavy atom. The summed E-state index contributed by atoms with van der Waals surface area (Å²) >= 11 is 0. The lowest BCUT2D eigenvalue weighted by Crippen LogP contribution is -2.51. The summed E-state index contributed by atoms with van der Waals surface area (Å²) in [6.45, 7) is 2.98. The maximum absolute atomic E-state index is 14.6. The number of fused-ring (bicyclic) bond motifs is 4. The molecule has 4 heterocycles. The van der Waals surface area contributed by atoms with Gasteiger partial charge in [-0.2, -0.15) is 5.06 Å². The highest BCUT2D eigenvalue weighted by atomic mass is 19.1. The molecule has 0 bridgehead atoms. The molecule has 3 aliphatic heterocycles. The number of methoxy groups -OCH3 is 1. The first-order chi connectivity index (χ1) is 17.4. The molecule has 7 nitrogen and oxygen atoms in total. The number of imidazole rings is 1. The molecule has 0 saturated carbocycles. The van der Waals surface area contributed by atoms with Crippen molar-refractivity contribution < 1.29 is 23.1 Å². The maximum Gasteiger partial charge on any atom is 0.177 e. The second-order valence-corrected chi connectivity index (χ2v) is 9.53. The second-order valence-electron chi connectivity index (χ2n) is 9.53. The minimum absolute atomic E-state index is 0.0721. The van der Waals surface area contributed by atoms with Crippen molar-refractivity contribution in [2.24, 2.45) is 0 Å². The van der Waals surface area contributed by atoms with E-state index < -0.39 is 17.4 Å². The Labute approximate surface area is 208 Å². The number of piperidine rings is 1. The summed E-state index contributed by atoms with van der Waals surface area (Å²) < 4.78 is 42.1. The molecular formula is C27H28F2N4O3. The van der Waals surface area contributed by atoms with Gasteiger partial charge in [0.2, 0.25) is 0 Å². The number of benzene rings is 2. The van der Waals surface area contributed by atoms with E-state index in [4.69, 9.17) is 14.3 Å². The lowest BCUT2D eigenvalue weighted by Gasteiger charge is -2.43. The number of hydrogen-bond donors (Lipinski definition) is 0. The molecule has 2 saturated heterocycles. The number of aryl methyl sites for hydroxylation is 1. The third-order valence-electron chi connectivity index (χ3n) is 7.26. The minimum atomic E-state index is -0.976. The van der Waals surface area contributed by atoms with Gasteiger partial charge in [-0.15, -0.1) is 0 Å². The predicted octanol–water partition coefficient (Wildman–Crippen LogP) is 4.79. The number of halogens is 2. The number of aromatic nitrogens is 2. The van der Waals surface area contributed by atoms with Gasteiger partial charge in [0.1, 0.15) is 17.7 Å². The molecule has 0 N–H and O–H groups in total. The number of rotatable bonds is 3. The Balaban J connectivity index is 1.37. The van der Waals surface area contributed by atoms with Gasteiger partial charge in [0, 0.05) is 37.8 Å². The van der Waals surface area contributed by atoms with Crippen molar-refractivity contribution in [3.63, 3.8) is 0 Å². The van der Waals surface area contributed by atoms with Gasteiger partial charge in [0.05, 0.1) is 31.4 Å². The summed E-state index contributed by atoms with van der Waals surface area (Å²) in [4.78, 5) is 13.0. The summed E-state index contributed by atoms with van der Waals surface area (Å²) in [5.41, 5.74) is 3.44. The molecule has 9 heteroatoms. The second kappa shape index (κ2) is 8.69. The molecule has 188 valence electrons. The van der Waals surface area contributed by atoms with Crippen LogP contribution in [0.1, 0.15) is 36.1 Å². The zero-order chi connectivity index (χ0) is 25.0. The maximum atomic E-state index is 14.6. The van der Waals surface area contributed by atoms with Crippen LogP contribution in [0.4, 0.5) is 8.78 Å². The molecule has 0 radical (unpaired) electrons. The van der Waals surface area contributed by atoms with Crippen molar-refractivity contribution in [2.75, 3.05) is 27.3 Å². The van der Waals surface area contributed by atoms with Gasteiger partial charge in [-0.3, -0.25) is 4.84 Å². The standard InChI is InChI=1S/C27H28F2N4O3/c1-17-15-32(16-30-17)23-7-6-18(12-24(23)34-3)11-19-5-4-9-33-26(19)31(2)36-27(33)8-10-35-25-21(27)13-20(28)14-22(25)29/h6-7,11-16,26H,4-5,8-10H2,1-3H3/b19-11+. The first-order valence-electron chi connectivity index (χ1n) is 12.1. The number of hydroxylamine groups is 2. The van der Waals surface area contributed by atoms with E-state index in [0.29, 0.717) is 12.0 Å². The van der Waals surface area contributed by atoms with E-state index in [1.165, 1.54) is 11.6 Å². The van der Waals surface area contributed by atoms with Gasteiger partial charge in [-0.25, -0.2) is 18.7 Å². The molecule has 2 unspecified atom stereocenters. The van der Waals surface area contributed by atoms with Gasteiger partial charge in [0.15, 0.2) is 17.3 Å². The van der Waals surface area contributed by atoms with Crippen LogP contribution >= 0.6 is 0 Å². The Morgan fingerprint density at radius 3 is 2.86 bits per heavy atom. The third-order valence-corrected chi connectivity index (χ3v) is 7.26. The molecular weight excluding hydrogens is 466 g/mol. The van der Waals surface area contributed by atoms with Gasteiger partial charge >= 0.3 is 0 Å². The van der Waals surface area contributed by atoms with Crippen molar-refractivity contribution >= 4 is 6.08 Å². The van der Waals surface area contributed by atoms with Gasteiger partial charge in [-0.1, -0.05) is 12.1 Å². The number of hydrogen-bond acceptors (Lipinski definition) is 6. The fraction of sp³-hybridized carbons (Fsp3) is 0.370. The highest BCUT2D eigenvalue weighted by Gasteiger charge is 2.57. The van der Waals surface area contributed by atoms with Crippen molar-refractivity contribution in [1.82, 2.24) is 19.5 Å². The summed E-state index contributed by atoms with van der Waals surface area (Å²) in [7, 11) is 3.53. The average Bonchev–Trinajstić information content (AvgIpc) is 3.41. The fourth-order valence-electron chi connectivity index (χ4n) is 5.78. The van der Waals surface area contributed by atoms with E-state index in [1.807, 2.05) is 41.9 Å². The number of ether oxygens (including phenoxy) is 2. The molecule has 6 rings (SSSR count). The lowest BCUT2D eigenvalue weighted by atomic mass is 9.90. The molecule has 0 aliphatic carbocycles. The normalized spacial score (nSPS) is 25.1. The smallest absolute Gasteiger partial charge is 0.177 e. The van der Waals surface area contributed by atoms with Crippen molar-refractivity contribution in [2.45, 2.75) is 38.1 Å². The van der Waals surface area contributed by atoms with Crippen LogP contribution in [0.2, 0.25) is 0 Å². The monoisotopic (exact) mass is 494 g/mol. The van der Waals surface area contributed by atoms with E-state index in [0.717, 1.165) is 48.1 Å². The van der Waals surface area contributed by atoms with Crippen LogP contribution in [0, 0.1) is 18.6 Å². The molecule has 0 amide bonds. The quantitative estimate of drug-likeness (QED) is 0.522. The zero-order valence-corrected chi connectivity index (χ0v) is 20.5. The third kappa shape index (κ3) is 3.61.